The normalized spacial score (nSPS) is 15.0. The highest BCUT2D eigenvalue weighted by Crippen LogP contribution is 2.18. The van der Waals surface area contributed by atoms with Crippen LogP contribution in [0.3, 0.4) is 0 Å². The van der Waals surface area contributed by atoms with E-state index in [0.29, 0.717) is 42.3 Å². The molecule has 1 aliphatic heterocycles. The number of hydrogen-bond acceptors (Lipinski definition) is 2. The number of amides is 2. The van der Waals surface area contributed by atoms with Gasteiger partial charge in [0.25, 0.3) is 11.8 Å². The van der Waals surface area contributed by atoms with Gasteiger partial charge in [-0.1, -0.05) is 41.4 Å². The van der Waals surface area contributed by atoms with Gasteiger partial charge in [-0.2, -0.15) is 0 Å². The maximum atomic E-state index is 12.7. The van der Waals surface area contributed by atoms with Crippen molar-refractivity contribution in [2.24, 2.45) is 0 Å². The van der Waals surface area contributed by atoms with E-state index in [1.54, 1.807) is 17.0 Å². The molecule has 0 spiro atoms. The Morgan fingerprint density at radius 1 is 0.840 bits per heavy atom. The van der Waals surface area contributed by atoms with Crippen molar-refractivity contribution < 1.29 is 9.59 Å². The second-order valence-corrected chi connectivity index (χ2v) is 6.69. The van der Waals surface area contributed by atoms with Crippen LogP contribution in [-0.2, 0) is 0 Å². The molecule has 1 aliphatic rings. The van der Waals surface area contributed by atoms with E-state index in [2.05, 4.69) is 0 Å². The summed E-state index contributed by atoms with van der Waals surface area (Å²) in [5, 5.41) is 0.462. The molecule has 0 radical (unpaired) electrons. The van der Waals surface area contributed by atoms with Crippen LogP contribution in [0.15, 0.2) is 48.5 Å². The van der Waals surface area contributed by atoms with Crippen LogP contribution in [0.25, 0.3) is 0 Å². The molecule has 0 aromatic heterocycles. The first-order chi connectivity index (χ1) is 12.1. The van der Waals surface area contributed by atoms with Crippen molar-refractivity contribution in [2.45, 2.75) is 13.3 Å². The first kappa shape index (κ1) is 17.5. The van der Waals surface area contributed by atoms with Crippen LogP contribution in [-0.4, -0.2) is 47.8 Å². The topological polar surface area (TPSA) is 40.6 Å². The van der Waals surface area contributed by atoms with E-state index in [-0.39, 0.29) is 11.8 Å². The lowest BCUT2D eigenvalue weighted by atomic mass is 10.1. The van der Waals surface area contributed by atoms with Crippen LogP contribution >= 0.6 is 11.6 Å². The standard InChI is InChI=1S/C20H21ClN2O2/c1-15-7-9-16(10-8-15)19(24)22-11-4-12-23(14-13-22)20(25)17-5-2-3-6-18(17)21/h2-3,5-10H,4,11-14H2,1H3. The molecule has 4 nitrogen and oxygen atoms in total. The molecule has 0 unspecified atom stereocenters. The van der Waals surface area contributed by atoms with Gasteiger partial charge in [0.15, 0.2) is 0 Å². The summed E-state index contributed by atoms with van der Waals surface area (Å²) in [5.41, 5.74) is 2.34. The summed E-state index contributed by atoms with van der Waals surface area (Å²) in [5.74, 6) is -0.0534. The van der Waals surface area contributed by atoms with Crippen molar-refractivity contribution in [3.63, 3.8) is 0 Å². The summed E-state index contributed by atoms with van der Waals surface area (Å²) in [6.45, 7) is 4.32. The number of benzene rings is 2. The number of aryl methyl sites for hydroxylation is 1. The van der Waals surface area contributed by atoms with Gasteiger partial charge in [-0.3, -0.25) is 9.59 Å². The van der Waals surface area contributed by atoms with Gasteiger partial charge in [0.2, 0.25) is 0 Å². The van der Waals surface area contributed by atoms with Crippen molar-refractivity contribution in [2.75, 3.05) is 26.2 Å². The highest BCUT2D eigenvalue weighted by molar-refractivity contribution is 6.33. The average Bonchev–Trinajstić information content (AvgIpc) is 2.88. The highest BCUT2D eigenvalue weighted by Gasteiger charge is 2.24. The van der Waals surface area contributed by atoms with E-state index in [9.17, 15) is 9.59 Å². The Balaban J connectivity index is 1.68. The minimum Gasteiger partial charge on any atom is -0.337 e. The van der Waals surface area contributed by atoms with Gasteiger partial charge in [-0.05, 0) is 37.6 Å². The molecule has 3 rings (SSSR count). The van der Waals surface area contributed by atoms with E-state index in [1.165, 1.54) is 0 Å². The van der Waals surface area contributed by atoms with Gasteiger partial charge in [0.1, 0.15) is 0 Å². The summed E-state index contributed by atoms with van der Waals surface area (Å²) in [7, 11) is 0. The van der Waals surface area contributed by atoms with E-state index < -0.39 is 0 Å². The first-order valence-corrected chi connectivity index (χ1v) is 8.84. The van der Waals surface area contributed by atoms with Crippen molar-refractivity contribution in [3.8, 4) is 0 Å². The molecule has 130 valence electrons. The van der Waals surface area contributed by atoms with Gasteiger partial charge in [-0.25, -0.2) is 0 Å². The molecule has 0 saturated carbocycles. The third-order valence-corrected chi connectivity index (χ3v) is 4.80. The van der Waals surface area contributed by atoms with Crippen LogP contribution in [0.1, 0.15) is 32.7 Å². The lowest BCUT2D eigenvalue weighted by molar-refractivity contribution is 0.0719. The Bertz CT molecular complexity index is 774. The summed E-state index contributed by atoms with van der Waals surface area (Å²) in [4.78, 5) is 29.0. The molecule has 0 atom stereocenters. The maximum Gasteiger partial charge on any atom is 0.255 e. The largest absolute Gasteiger partial charge is 0.337 e. The molecule has 25 heavy (non-hydrogen) atoms. The van der Waals surface area contributed by atoms with Gasteiger partial charge in [-0.15, -0.1) is 0 Å². The molecule has 1 saturated heterocycles. The van der Waals surface area contributed by atoms with Crippen molar-refractivity contribution >= 4 is 23.4 Å². The quantitative estimate of drug-likeness (QED) is 0.824. The predicted molar refractivity (Wildman–Crippen MR) is 99.1 cm³/mol. The summed E-state index contributed by atoms with van der Waals surface area (Å²) >= 11 is 6.14. The third-order valence-electron chi connectivity index (χ3n) is 4.47. The SMILES string of the molecule is Cc1ccc(C(=O)N2CCCN(C(=O)c3ccccc3Cl)CC2)cc1. The fraction of sp³-hybridized carbons (Fsp3) is 0.300. The Hall–Kier alpha value is -2.33. The minimum atomic E-state index is -0.0739. The molecule has 2 aromatic rings. The van der Waals surface area contributed by atoms with Crippen molar-refractivity contribution in [3.05, 3.63) is 70.2 Å². The second-order valence-electron chi connectivity index (χ2n) is 6.28. The number of hydrogen-bond donors (Lipinski definition) is 0. The number of nitrogens with zero attached hydrogens (tertiary/aromatic N) is 2. The zero-order chi connectivity index (χ0) is 17.8. The Labute approximate surface area is 153 Å². The molecule has 2 aromatic carbocycles. The second kappa shape index (κ2) is 7.70. The fourth-order valence-corrected chi connectivity index (χ4v) is 3.22. The smallest absolute Gasteiger partial charge is 0.255 e. The number of carbonyl (C=O) groups is 2. The molecule has 1 heterocycles. The third kappa shape index (κ3) is 4.02. The van der Waals surface area contributed by atoms with Crippen molar-refractivity contribution in [1.82, 2.24) is 9.80 Å². The molecule has 0 aliphatic carbocycles. The van der Waals surface area contributed by atoms with Gasteiger partial charge < -0.3 is 9.80 Å². The lowest BCUT2D eigenvalue weighted by Gasteiger charge is -2.22. The monoisotopic (exact) mass is 356 g/mol. The van der Waals surface area contributed by atoms with Crippen LogP contribution < -0.4 is 0 Å². The van der Waals surface area contributed by atoms with Gasteiger partial charge >= 0.3 is 0 Å². The molecule has 2 amide bonds. The Morgan fingerprint density at radius 3 is 2.08 bits per heavy atom. The fourth-order valence-electron chi connectivity index (χ4n) is 3.01. The average molecular weight is 357 g/mol. The van der Waals surface area contributed by atoms with E-state index in [4.69, 9.17) is 11.6 Å². The Kier molecular flexibility index (Phi) is 5.39. The summed E-state index contributed by atoms with van der Waals surface area (Å²) < 4.78 is 0. The predicted octanol–water partition coefficient (Wildman–Crippen LogP) is 3.64. The Morgan fingerprint density at radius 2 is 1.44 bits per heavy atom. The number of halogens is 1. The maximum absolute atomic E-state index is 12.7. The molecule has 0 bridgehead atoms. The lowest BCUT2D eigenvalue weighted by Crippen LogP contribution is -2.37. The molecule has 1 fully saturated rings. The first-order valence-electron chi connectivity index (χ1n) is 8.46. The molecule has 5 heteroatoms. The zero-order valence-corrected chi connectivity index (χ0v) is 15.0. The number of carbonyl (C=O) groups excluding carboxylic acids is 2. The van der Waals surface area contributed by atoms with Crippen LogP contribution in [0.5, 0.6) is 0 Å². The minimum absolute atomic E-state index is 0.0204. The molecular weight excluding hydrogens is 336 g/mol. The van der Waals surface area contributed by atoms with E-state index in [0.717, 1.165) is 12.0 Å². The van der Waals surface area contributed by atoms with Crippen LogP contribution in [0.4, 0.5) is 0 Å². The number of rotatable bonds is 2. The van der Waals surface area contributed by atoms with E-state index in [1.807, 2.05) is 48.2 Å². The molecular formula is C20H21ClN2O2. The van der Waals surface area contributed by atoms with Crippen molar-refractivity contribution in [1.29, 1.82) is 0 Å². The van der Waals surface area contributed by atoms with E-state index >= 15 is 0 Å². The highest BCUT2D eigenvalue weighted by atomic mass is 35.5. The summed E-state index contributed by atoms with van der Waals surface area (Å²) in [6.07, 6.45) is 0.758. The zero-order valence-electron chi connectivity index (χ0n) is 14.2. The van der Waals surface area contributed by atoms with Crippen LogP contribution in [0.2, 0.25) is 5.02 Å². The summed E-state index contributed by atoms with van der Waals surface area (Å²) in [6, 6.07) is 14.7. The van der Waals surface area contributed by atoms with Gasteiger partial charge in [0, 0.05) is 31.7 Å². The van der Waals surface area contributed by atoms with Gasteiger partial charge in [0.05, 0.1) is 10.6 Å². The molecule has 0 N–H and O–H groups in total. The van der Waals surface area contributed by atoms with Crippen LogP contribution in [0, 0.1) is 6.92 Å².